The van der Waals surface area contributed by atoms with Gasteiger partial charge in [-0.05, 0) is 58.5 Å². The molecule has 3 aromatic rings. The van der Waals surface area contributed by atoms with E-state index in [-0.39, 0.29) is 16.8 Å². The molecule has 0 aliphatic rings. The monoisotopic (exact) mass is 392 g/mol. The minimum absolute atomic E-state index is 0.0970. The van der Waals surface area contributed by atoms with Crippen LogP contribution in [0.1, 0.15) is 0 Å². The van der Waals surface area contributed by atoms with Crippen molar-refractivity contribution in [3.05, 3.63) is 52.8 Å². The van der Waals surface area contributed by atoms with Crippen molar-refractivity contribution in [2.75, 3.05) is 5.32 Å². The predicted octanol–water partition coefficient (Wildman–Crippen LogP) is 5.26. The highest BCUT2D eigenvalue weighted by Gasteiger charge is 2.12. The molecule has 116 valence electrons. The van der Waals surface area contributed by atoms with E-state index in [1.165, 1.54) is 24.3 Å². The lowest BCUT2D eigenvalue weighted by molar-refractivity contribution is 0.459. The molecule has 0 aliphatic carbocycles. The van der Waals surface area contributed by atoms with Gasteiger partial charge in [-0.25, -0.2) is 4.39 Å². The van der Waals surface area contributed by atoms with Crippen LogP contribution in [-0.4, -0.2) is 15.2 Å². The van der Waals surface area contributed by atoms with Gasteiger partial charge in [0.1, 0.15) is 5.82 Å². The highest BCUT2D eigenvalue weighted by molar-refractivity contribution is 9.10. The van der Waals surface area contributed by atoms with Crippen LogP contribution in [0.2, 0.25) is 0 Å². The average molecular weight is 393 g/mol. The summed E-state index contributed by atoms with van der Waals surface area (Å²) in [7, 11) is 0. The number of hydrogen-bond acceptors (Lipinski definition) is 3. The highest BCUT2D eigenvalue weighted by atomic mass is 79.9. The van der Waals surface area contributed by atoms with Crippen molar-refractivity contribution in [3.8, 4) is 5.88 Å². The van der Waals surface area contributed by atoms with Crippen molar-refractivity contribution in [3.63, 3.8) is 0 Å². The molecule has 1 aromatic heterocycles. The lowest BCUT2D eigenvalue weighted by Gasteiger charge is -2.02. The number of thiocarbonyl (C=S) groups is 1. The van der Waals surface area contributed by atoms with Crippen LogP contribution in [-0.2, 0) is 0 Å². The van der Waals surface area contributed by atoms with Gasteiger partial charge in [-0.1, -0.05) is 12.1 Å². The van der Waals surface area contributed by atoms with Crippen molar-refractivity contribution in [1.29, 1.82) is 0 Å². The maximum atomic E-state index is 12.8. The highest BCUT2D eigenvalue weighted by Crippen LogP contribution is 2.38. The Kier molecular flexibility index (Phi) is 4.35. The number of aromatic hydroxyl groups is 1. The molecule has 0 aliphatic heterocycles. The molecule has 1 heterocycles. The third kappa shape index (κ3) is 3.38. The fourth-order valence-electron chi connectivity index (χ4n) is 2.03. The predicted molar refractivity (Wildman–Crippen MR) is 94.8 cm³/mol. The molecular formula is C15H10BrFN4OS. The van der Waals surface area contributed by atoms with Gasteiger partial charge in [0.05, 0.1) is 5.52 Å². The number of azo groups is 1. The van der Waals surface area contributed by atoms with Gasteiger partial charge in [0.2, 0.25) is 11.0 Å². The van der Waals surface area contributed by atoms with Gasteiger partial charge in [0.25, 0.3) is 0 Å². The van der Waals surface area contributed by atoms with Gasteiger partial charge in [0, 0.05) is 15.5 Å². The lowest BCUT2D eigenvalue weighted by atomic mass is 10.2. The zero-order chi connectivity index (χ0) is 16.4. The number of hydrogen-bond donors (Lipinski definition) is 3. The summed E-state index contributed by atoms with van der Waals surface area (Å²) in [6.07, 6.45) is 0. The fraction of sp³-hybridized carbons (Fsp3) is 0. The number of nitrogens with zero attached hydrogens (tertiary/aromatic N) is 2. The molecular weight excluding hydrogens is 383 g/mol. The van der Waals surface area contributed by atoms with Crippen LogP contribution in [0.4, 0.5) is 15.8 Å². The number of aromatic nitrogens is 1. The minimum atomic E-state index is -0.336. The Morgan fingerprint density at radius 1 is 1.22 bits per heavy atom. The Morgan fingerprint density at radius 3 is 2.70 bits per heavy atom. The van der Waals surface area contributed by atoms with Crippen LogP contribution in [0.5, 0.6) is 5.88 Å². The van der Waals surface area contributed by atoms with E-state index < -0.39 is 0 Å². The molecule has 0 bridgehead atoms. The van der Waals surface area contributed by atoms with Crippen LogP contribution in [0.3, 0.4) is 0 Å². The first-order valence-electron chi connectivity index (χ1n) is 6.52. The summed E-state index contributed by atoms with van der Waals surface area (Å²) in [5, 5.41) is 21.5. The molecule has 0 radical (unpaired) electrons. The Morgan fingerprint density at radius 2 is 1.96 bits per heavy atom. The number of H-pyrrole nitrogens is 1. The van der Waals surface area contributed by atoms with Crippen LogP contribution in [0, 0.1) is 5.82 Å². The van der Waals surface area contributed by atoms with Gasteiger partial charge >= 0.3 is 0 Å². The zero-order valence-corrected chi connectivity index (χ0v) is 13.9. The van der Waals surface area contributed by atoms with E-state index in [1.54, 1.807) is 6.07 Å². The molecule has 3 rings (SSSR count). The molecule has 0 unspecified atom stereocenters. The van der Waals surface area contributed by atoms with Crippen LogP contribution < -0.4 is 5.32 Å². The molecule has 2 aromatic carbocycles. The number of aromatic amines is 1. The molecule has 3 N–H and O–H groups in total. The molecule has 8 heteroatoms. The lowest BCUT2D eigenvalue weighted by Crippen LogP contribution is -2.04. The first kappa shape index (κ1) is 15.6. The number of nitrogens with one attached hydrogen (secondary N) is 2. The standard InChI is InChI=1S/C15H10BrFN4OS/c16-11-3-1-2-10-12(11)19-14(22)13(10)20-21-15(23)18-9-6-4-8(17)5-7-9/h1-7,19,22H,(H,18,23). The van der Waals surface area contributed by atoms with Gasteiger partial charge in [-0.15, -0.1) is 10.2 Å². The Hall–Kier alpha value is -2.32. The summed E-state index contributed by atoms with van der Waals surface area (Å²) in [6.45, 7) is 0. The zero-order valence-electron chi connectivity index (χ0n) is 11.5. The number of rotatable bonds is 2. The average Bonchev–Trinajstić information content (AvgIpc) is 2.85. The van der Waals surface area contributed by atoms with E-state index in [9.17, 15) is 9.50 Å². The van der Waals surface area contributed by atoms with E-state index in [2.05, 4.69) is 36.5 Å². The molecule has 0 atom stereocenters. The smallest absolute Gasteiger partial charge is 0.218 e. The van der Waals surface area contributed by atoms with Gasteiger partial charge in [-0.3, -0.25) is 0 Å². The van der Waals surface area contributed by atoms with E-state index in [0.29, 0.717) is 16.8 Å². The van der Waals surface area contributed by atoms with E-state index in [0.717, 1.165) is 9.99 Å². The summed E-state index contributed by atoms with van der Waals surface area (Å²) in [6, 6.07) is 11.2. The first-order valence-corrected chi connectivity index (χ1v) is 7.72. The Labute approximate surface area is 144 Å². The molecule has 0 saturated heterocycles. The molecule has 0 spiro atoms. The Bertz CT molecular complexity index is 908. The topological polar surface area (TPSA) is 72.8 Å². The quantitative estimate of drug-likeness (QED) is 0.411. The molecule has 0 fully saturated rings. The van der Waals surface area contributed by atoms with Crippen molar-refractivity contribution < 1.29 is 9.50 Å². The number of para-hydroxylation sites is 1. The number of halogens is 2. The summed E-state index contributed by atoms with van der Waals surface area (Å²) < 4.78 is 13.7. The summed E-state index contributed by atoms with van der Waals surface area (Å²) in [4.78, 5) is 2.82. The Balaban J connectivity index is 1.82. The number of benzene rings is 2. The van der Waals surface area contributed by atoms with Crippen molar-refractivity contribution >= 4 is 55.5 Å². The van der Waals surface area contributed by atoms with Crippen molar-refractivity contribution in [2.45, 2.75) is 0 Å². The summed E-state index contributed by atoms with van der Waals surface area (Å²) in [5.41, 5.74) is 1.61. The second-order valence-corrected chi connectivity index (χ2v) is 5.86. The van der Waals surface area contributed by atoms with Gasteiger partial charge in [-0.2, -0.15) is 0 Å². The maximum absolute atomic E-state index is 12.8. The molecule has 0 saturated carbocycles. The molecule has 0 amide bonds. The van der Waals surface area contributed by atoms with Crippen LogP contribution in [0.25, 0.3) is 10.9 Å². The van der Waals surface area contributed by atoms with Crippen LogP contribution in [0.15, 0.2) is 57.2 Å². The number of anilines is 1. The van der Waals surface area contributed by atoms with Crippen molar-refractivity contribution in [2.24, 2.45) is 10.2 Å². The van der Waals surface area contributed by atoms with E-state index >= 15 is 0 Å². The summed E-state index contributed by atoms with van der Waals surface area (Å²) >= 11 is 8.46. The second-order valence-electron chi connectivity index (χ2n) is 4.62. The minimum Gasteiger partial charge on any atom is -0.493 e. The van der Waals surface area contributed by atoms with Crippen LogP contribution >= 0.6 is 28.1 Å². The maximum Gasteiger partial charge on any atom is 0.218 e. The fourth-order valence-corrected chi connectivity index (χ4v) is 2.66. The first-order chi connectivity index (χ1) is 11.0. The van der Waals surface area contributed by atoms with E-state index in [4.69, 9.17) is 12.2 Å². The summed E-state index contributed by atoms with van der Waals surface area (Å²) in [5.74, 6) is -0.433. The number of fused-ring (bicyclic) bond motifs is 1. The third-order valence-corrected chi connectivity index (χ3v) is 3.92. The van der Waals surface area contributed by atoms with Crippen molar-refractivity contribution in [1.82, 2.24) is 4.98 Å². The van der Waals surface area contributed by atoms with Gasteiger partial charge in [0.15, 0.2) is 5.69 Å². The third-order valence-electron chi connectivity index (χ3n) is 3.07. The molecule has 23 heavy (non-hydrogen) atoms. The van der Waals surface area contributed by atoms with E-state index in [1.807, 2.05) is 12.1 Å². The molecule has 5 nitrogen and oxygen atoms in total. The SMILES string of the molecule is Oc1[nH]c2c(Br)cccc2c1N=NC(=S)Nc1ccc(F)cc1. The largest absolute Gasteiger partial charge is 0.493 e. The normalized spacial score (nSPS) is 11.2. The van der Waals surface area contributed by atoms with Gasteiger partial charge < -0.3 is 15.4 Å². The second kappa shape index (κ2) is 6.43.